The fourth-order valence-electron chi connectivity index (χ4n) is 2.00. The maximum Gasteiger partial charge on any atom is 0.302 e. The molecule has 108 valence electrons. The Labute approximate surface area is 121 Å². The fourth-order valence-corrected chi connectivity index (χ4v) is 2.40. The molecule has 3 heteroatoms. The van der Waals surface area contributed by atoms with Gasteiger partial charge in [-0.15, -0.1) is 0 Å². The van der Waals surface area contributed by atoms with Gasteiger partial charge in [0, 0.05) is 12.3 Å². The van der Waals surface area contributed by atoms with Gasteiger partial charge >= 0.3 is 5.97 Å². The van der Waals surface area contributed by atoms with Crippen LogP contribution in [0.4, 0.5) is 0 Å². The van der Waals surface area contributed by atoms with Crippen molar-refractivity contribution in [2.45, 2.75) is 77.6 Å². The smallest absolute Gasteiger partial charge is 0.302 e. The number of carbonyl (C=O) groups excluding carboxylic acids is 1. The highest BCUT2D eigenvalue weighted by Gasteiger charge is 1.95. The Kier molecular flexibility index (Phi) is 15.0. The normalized spacial score (nSPS) is 10.6. The van der Waals surface area contributed by atoms with Crippen LogP contribution in [-0.2, 0) is 9.53 Å². The summed E-state index contributed by atoms with van der Waals surface area (Å²) in [5, 5.41) is 1.15. The molecule has 0 saturated carbocycles. The van der Waals surface area contributed by atoms with Crippen LogP contribution in [0.5, 0.6) is 0 Å². The summed E-state index contributed by atoms with van der Waals surface area (Å²) >= 11 is 3.46. The van der Waals surface area contributed by atoms with Gasteiger partial charge in [0.25, 0.3) is 0 Å². The van der Waals surface area contributed by atoms with Crippen molar-refractivity contribution in [1.82, 2.24) is 0 Å². The van der Waals surface area contributed by atoms with Gasteiger partial charge in [0.05, 0.1) is 6.61 Å². The number of carbonyl (C=O) groups is 1. The molecule has 18 heavy (non-hydrogen) atoms. The van der Waals surface area contributed by atoms with E-state index in [1.54, 1.807) is 0 Å². The number of esters is 1. The minimum atomic E-state index is -0.157. The Balaban J connectivity index is 2.92. The molecular formula is C15H29BrO2. The van der Waals surface area contributed by atoms with E-state index < -0.39 is 0 Å². The van der Waals surface area contributed by atoms with Crippen molar-refractivity contribution in [1.29, 1.82) is 0 Å². The van der Waals surface area contributed by atoms with Gasteiger partial charge in [-0.2, -0.15) is 0 Å². The number of alkyl halides is 1. The topological polar surface area (TPSA) is 26.3 Å². The molecule has 0 saturated heterocycles. The van der Waals surface area contributed by atoms with Crippen LogP contribution < -0.4 is 0 Å². The van der Waals surface area contributed by atoms with Crippen molar-refractivity contribution in [3.8, 4) is 0 Å². The summed E-state index contributed by atoms with van der Waals surface area (Å²) in [6.45, 7) is 2.07. The van der Waals surface area contributed by atoms with E-state index in [1.165, 1.54) is 71.1 Å². The summed E-state index contributed by atoms with van der Waals surface area (Å²) in [6, 6.07) is 0. The molecule has 0 bridgehead atoms. The van der Waals surface area contributed by atoms with Crippen LogP contribution in [0.3, 0.4) is 0 Å². The zero-order valence-corrected chi connectivity index (χ0v) is 13.5. The third-order valence-corrected chi connectivity index (χ3v) is 3.64. The average molecular weight is 321 g/mol. The molecule has 0 aromatic carbocycles. The number of ether oxygens (including phenoxy) is 1. The molecule has 0 spiro atoms. The summed E-state index contributed by atoms with van der Waals surface area (Å²) in [4.78, 5) is 10.5. The maximum absolute atomic E-state index is 10.5. The molecule has 0 aromatic heterocycles. The molecule has 0 aromatic rings. The largest absolute Gasteiger partial charge is 0.466 e. The van der Waals surface area contributed by atoms with E-state index in [0.717, 1.165) is 11.8 Å². The SMILES string of the molecule is CC(=O)OCCCCCCCCCCCCCBr. The third-order valence-electron chi connectivity index (χ3n) is 3.08. The van der Waals surface area contributed by atoms with Gasteiger partial charge in [-0.25, -0.2) is 0 Å². The molecule has 0 radical (unpaired) electrons. The van der Waals surface area contributed by atoms with E-state index in [0.29, 0.717) is 6.61 Å². The maximum atomic E-state index is 10.5. The first kappa shape index (κ1) is 17.9. The van der Waals surface area contributed by atoms with Gasteiger partial charge in [0.1, 0.15) is 0 Å². The van der Waals surface area contributed by atoms with Gasteiger partial charge in [-0.1, -0.05) is 73.7 Å². The molecule has 0 aliphatic heterocycles. The first-order chi connectivity index (χ1) is 8.77. The molecule has 2 nitrogen and oxygen atoms in total. The van der Waals surface area contributed by atoms with Crippen LogP contribution in [0.2, 0.25) is 0 Å². The molecule has 0 rings (SSSR count). The molecule has 0 heterocycles. The van der Waals surface area contributed by atoms with Crippen LogP contribution >= 0.6 is 15.9 Å². The van der Waals surface area contributed by atoms with Gasteiger partial charge in [0.15, 0.2) is 0 Å². The Bertz CT molecular complexity index is 183. The Morgan fingerprint density at radius 1 is 0.778 bits per heavy atom. The fraction of sp³-hybridized carbons (Fsp3) is 0.933. The van der Waals surface area contributed by atoms with E-state index in [2.05, 4.69) is 15.9 Å². The molecule has 0 aliphatic rings. The van der Waals surface area contributed by atoms with Gasteiger partial charge in [0.2, 0.25) is 0 Å². The lowest BCUT2D eigenvalue weighted by Crippen LogP contribution is -2.00. The molecule has 0 atom stereocenters. The lowest BCUT2D eigenvalue weighted by molar-refractivity contribution is -0.141. The molecule has 0 fully saturated rings. The Morgan fingerprint density at radius 2 is 1.17 bits per heavy atom. The summed E-state index contributed by atoms with van der Waals surface area (Å²) in [6.07, 6.45) is 14.5. The number of unbranched alkanes of at least 4 members (excludes halogenated alkanes) is 10. The summed E-state index contributed by atoms with van der Waals surface area (Å²) in [5.41, 5.74) is 0. The van der Waals surface area contributed by atoms with Crippen LogP contribution in [0.1, 0.15) is 77.6 Å². The van der Waals surface area contributed by atoms with E-state index in [4.69, 9.17) is 4.74 Å². The Hall–Kier alpha value is -0.0500. The van der Waals surface area contributed by atoms with Gasteiger partial charge < -0.3 is 4.74 Å². The van der Waals surface area contributed by atoms with E-state index in [9.17, 15) is 4.79 Å². The predicted octanol–water partition coefficient (Wildman–Crippen LogP) is 5.24. The average Bonchev–Trinajstić information content (AvgIpc) is 2.34. The van der Waals surface area contributed by atoms with Crippen LogP contribution in [0.15, 0.2) is 0 Å². The number of halogens is 1. The molecule has 0 aliphatic carbocycles. The zero-order chi connectivity index (χ0) is 13.5. The van der Waals surface area contributed by atoms with Crippen LogP contribution in [0, 0.1) is 0 Å². The number of rotatable bonds is 13. The van der Waals surface area contributed by atoms with Crippen molar-refractivity contribution >= 4 is 21.9 Å². The second-order valence-electron chi connectivity index (χ2n) is 4.92. The lowest BCUT2D eigenvalue weighted by atomic mass is 10.1. The minimum Gasteiger partial charge on any atom is -0.466 e. The van der Waals surface area contributed by atoms with Crippen molar-refractivity contribution in [3.63, 3.8) is 0 Å². The minimum absolute atomic E-state index is 0.157. The van der Waals surface area contributed by atoms with Crippen LogP contribution in [-0.4, -0.2) is 17.9 Å². The summed E-state index contributed by atoms with van der Waals surface area (Å²) in [7, 11) is 0. The third kappa shape index (κ3) is 16.0. The van der Waals surface area contributed by atoms with Crippen molar-refractivity contribution in [2.75, 3.05) is 11.9 Å². The predicted molar refractivity (Wildman–Crippen MR) is 81.2 cm³/mol. The quantitative estimate of drug-likeness (QED) is 0.263. The highest BCUT2D eigenvalue weighted by molar-refractivity contribution is 9.09. The van der Waals surface area contributed by atoms with Crippen LogP contribution in [0.25, 0.3) is 0 Å². The van der Waals surface area contributed by atoms with Crippen molar-refractivity contribution in [2.24, 2.45) is 0 Å². The van der Waals surface area contributed by atoms with Gasteiger partial charge in [-0.3, -0.25) is 4.79 Å². The summed E-state index contributed by atoms with van der Waals surface area (Å²) in [5.74, 6) is -0.157. The monoisotopic (exact) mass is 320 g/mol. The van der Waals surface area contributed by atoms with Crippen molar-refractivity contribution in [3.05, 3.63) is 0 Å². The Morgan fingerprint density at radius 3 is 1.56 bits per heavy atom. The standard InChI is InChI=1S/C15H29BrO2/c1-15(17)18-14-12-10-8-6-4-2-3-5-7-9-11-13-16/h2-14H2,1H3. The van der Waals surface area contributed by atoms with E-state index >= 15 is 0 Å². The highest BCUT2D eigenvalue weighted by atomic mass is 79.9. The molecule has 0 unspecified atom stereocenters. The summed E-state index contributed by atoms with van der Waals surface area (Å²) < 4.78 is 4.89. The zero-order valence-electron chi connectivity index (χ0n) is 11.9. The number of hydrogen-bond donors (Lipinski definition) is 0. The molecular weight excluding hydrogens is 292 g/mol. The molecule has 0 amide bonds. The first-order valence-corrected chi connectivity index (χ1v) is 8.59. The molecule has 0 N–H and O–H groups in total. The first-order valence-electron chi connectivity index (χ1n) is 7.46. The lowest BCUT2D eigenvalue weighted by Gasteiger charge is -2.03. The van der Waals surface area contributed by atoms with Gasteiger partial charge in [-0.05, 0) is 12.8 Å². The second kappa shape index (κ2) is 15.0. The number of hydrogen-bond acceptors (Lipinski definition) is 2. The van der Waals surface area contributed by atoms with Crippen molar-refractivity contribution < 1.29 is 9.53 Å². The van der Waals surface area contributed by atoms with E-state index in [1.807, 2.05) is 0 Å². The highest BCUT2D eigenvalue weighted by Crippen LogP contribution is 2.11. The van der Waals surface area contributed by atoms with E-state index in [-0.39, 0.29) is 5.97 Å². The second-order valence-corrected chi connectivity index (χ2v) is 5.71.